The standard InChI is InChI=1S/C21H23NO4/c1-14(2)19(22-20(24)17-12-8-7-9-15(17)3)21(25)26-13-18(23)16-10-5-4-6-11-16/h4-12,14,19H,13H2,1-3H3,(H,22,24). The maximum absolute atomic E-state index is 12.5. The Balaban J connectivity index is 2.00. The minimum atomic E-state index is -0.828. The summed E-state index contributed by atoms with van der Waals surface area (Å²) in [4.78, 5) is 36.9. The lowest BCUT2D eigenvalue weighted by atomic mass is 10.0. The van der Waals surface area contributed by atoms with Gasteiger partial charge in [0.1, 0.15) is 6.04 Å². The first-order chi connectivity index (χ1) is 12.4. The molecule has 1 unspecified atom stereocenters. The van der Waals surface area contributed by atoms with Crippen molar-refractivity contribution in [2.45, 2.75) is 26.8 Å². The van der Waals surface area contributed by atoms with Crippen LogP contribution in [0.2, 0.25) is 0 Å². The maximum Gasteiger partial charge on any atom is 0.329 e. The van der Waals surface area contributed by atoms with Gasteiger partial charge in [-0.15, -0.1) is 0 Å². The molecule has 5 nitrogen and oxygen atoms in total. The highest BCUT2D eigenvalue weighted by molar-refractivity contribution is 5.99. The molecule has 1 atom stereocenters. The fourth-order valence-corrected chi connectivity index (χ4v) is 2.48. The van der Waals surface area contributed by atoms with Crippen LogP contribution in [0.3, 0.4) is 0 Å². The summed E-state index contributed by atoms with van der Waals surface area (Å²) in [6.45, 7) is 5.09. The van der Waals surface area contributed by atoms with E-state index < -0.39 is 12.0 Å². The molecule has 0 aliphatic carbocycles. The summed E-state index contributed by atoms with van der Waals surface area (Å²) in [6.07, 6.45) is 0. The molecule has 2 aromatic rings. The number of rotatable bonds is 7. The van der Waals surface area contributed by atoms with Gasteiger partial charge in [0.15, 0.2) is 12.4 Å². The zero-order valence-corrected chi connectivity index (χ0v) is 15.2. The molecule has 26 heavy (non-hydrogen) atoms. The SMILES string of the molecule is Cc1ccccc1C(=O)NC(C(=O)OCC(=O)c1ccccc1)C(C)C. The number of carbonyl (C=O) groups is 3. The fourth-order valence-electron chi connectivity index (χ4n) is 2.48. The Hall–Kier alpha value is -2.95. The number of Topliss-reactive ketones (excluding diaryl/α,β-unsaturated/α-hetero) is 1. The lowest BCUT2D eigenvalue weighted by Crippen LogP contribution is -2.45. The van der Waals surface area contributed by atoms with E-state index in [1.54, 1.807) is 42.5 Å². The summed E-state index contributed by atoms with van der Waals surface area (Å²) in [6, 6.07) is 14.9. The molecule has 2 rings (SSSR count). The van der Waals surface area contributed by atoms with E-state index in [-0.39, 0.29) is 24.2 Å². The van der Waals surface area contributed by atoms with Crippen molar-refractivity contribution in [3.05, 3.63) is 71.3 Å². The molecule has 1 N–H and O–H groups in total. The molecular formula is C21H23NO4. The van der Waals surface area contributed by atoms with Gasteiger partial charge in [0.05, 0.1) is 0 Å². The molecule has 0 bridgehead atoms. The number of benzene rings is 2. The van der Waals surface area contributed by atoms with Crippen LogP contribution in [0.1, 0.15) is 40.1 Å². The third-order valence-electron chi connectivity index (χ3n) is 4.04. The van der Waals surface area contributed by atoms with Gasteiger partial charge < -0.3 is 10.1 Å². The normalized spacial score (nSPS) is 11.7. The van der Waals surface area contributed by atoms with Gasteiger partial charge in [0, 0.05) is 11.1 Å². The molecule has 5 heteroatoms. The number of amides is 1. The van der Waals surface area contributed by atoms with Crippen LogP contribution in [-0.2, 0) is 9.53 Å². The van der Waals surface area contributed by atoms with Crippen molar-refractivity contribution >= 4 is 17.7 Å². The van der Waals surface area contributed by atoms with E-state index in [0.717, 1.165) is 5.56 Å². The van der Waals surface area contributed by atoms with Crippen molar-refractivity contribution in [1.82, 2.24) is 5.32 Å². The van der Waals surface area contributed by atoms with Crippen molar-refractivity contribution < 1.29 is 19.1 Å². The lowest BCUT2D eigenvalue weighted by molar-refractivity contribution is -0.145. The molecule has 0 aliphatic rings. The van der Waals surface area contributed by atoms with E-state index in [1.165, 1.54) is 0 Å². The van der Waals surface area contributed by atoms with Gasteiger partial charge >= 0.3 is 5.97 Å². The van der Waals surface area contributed by atoms with E-state index in [4.69, 9.17) is 4.74 Å². The Bertz CT molecular complexity index is 784. The molecular weight excluding hydrogens is 330 g/mol. The Morgan fingerprint density at radius 2 is 1.58 bits per heavy atom. The van der Waals surface area contributed by atoms with Gasteiger partial charge in [0.2, 0.25) is 0 Å². The van der Waals surface area contributed by atoms with Crippen molar-refractivity contribution in [3.8, 4) is 0 Å². The highest BCUT2D eigenvalue weighted by atomic mass is 16.5. The summed E-state index contributed by atoms with van der Waals surface area (Å²) in [5.74, 6) is -1.42. The Labute approximate surface area is 153 Å². The summed E-state index contributed by atoms with van der Waals surface area (Å²) >= 11 is 0. The Kier molecular flexibility index (Phi) is 6.67. The molecule has 0 aliphatic heterocycles. The fraction of sp³-hybridized carbons (Fsp3) is 0.286. The largest absolute Gasteiger partial charge is 0.456 e. The van der Waals surface area contributed by atoms with Crippen LogP contribution in [0.4, 0.5) is 0 Å². The van der Waals surface area contributed by atoms with Gasteiger partial charge in [-0.05, 0) is 24.5 Å². The number of hydrogen-bond acceptors (Lipinski definition) is 4. The third kappa shape index (κ3) is 5.02. The third-order valence-corrected chi connectivity index (χ3v) is 4.04. The Morgan fingerprint density at radius 3 is 2.19 bits per heavy atom. The molecule has 1 amide bonds. The lowest BCUT2D eigenvalue weighted by Gasteiger charge is -2.21. The second-order valence-electron chi connectivity index (χ2n) is 6.41. The van der Waals surface area contributed by atoms with E-state index >= 15 is 0 Å². The first-order valence-electron chi connectivity index (χ1n) is 8.51. The van der Waals surface area contributed by atoms with Crippen LogP contribution < -0.4 is 5.32 Å². The number of aryl methyl sites for hydroxylation is 1. The molecule has 0 fully saturated rings. The van der Waals surface area contributed by atoms with Crippen molar-refractivity contribution in [3.63, 3.8) is 0 Å². The van der Waals surface area contributed by atoms with E-state index in [1.807, 2.05) is 32.9 Å². The van der Waals surface area contributed by atoms with Crippen molar-refractivity contribution in [2.75, 3.05) is 6.61 Å². The predicted molar refractivity (Wildman–Crippen MR) is 99.0 cm³/mol. The smallest absolute Gasteiger partial charge is 0.329 e. The summed E-state index contributed by atoms with van der Waals surface area (Å²) in [5.41, 5.74) is 1.80. The number of nitrogens with one attached hydrogen (secondary N) is 1. The molecule has 0 saturated heterocycles. The molecule has 0 aromatic heterocycles. The van der Waals surface area contributed by atoms with Crippen LogP contribution in [0.5, 0.6) is 0 Å². The highest BCUT2D eigenvalue weighted by Crippen LogP contribution is 2.10. The van der Waals surface area contributed by atoms with Crippen LogP contribution in [0.15, 0.2) is 54.6 Å². The average molecular weight is 353 g/mol. The van der Waals surface area contributed by atoms with Crippen LogP contribution >= 0.6 is 0 Å². The molecule has 0 spiro atoms. The van der Waals surface area contributed by atoms with Crippen LogP contribution in [0, 0.1) is 12.8 Å². The van der Waals surface area contributed by atoms with Gasteiger partial charge in [-0.3, -0.25) is 9.59 Å². The summed E-state index contributed by atoms with van der Waals surface area (Å²) < 4.78 is 5.15. The number of carbonyl (C=O) groups excluding carboxylic acids is 3. The maximum atomic E-state index is 12.5. The average Bonchev–Trinajstić information content (AvgIpc) is 2.64. The zero-order chi connectivity index (χ0) is 19.1. The minimum Gasteiger partial charge on any atom is -0.456 e. The monoisotopic (exact) mass is 353 g/mol. The molecule has 136 valence electrons. The van der Waals surface area contributed by atoms with E-state index in [2.05, 4.69) is 5.32 Å². The van der Waals surface area contributed by atoms with E-state index in [9.17, 15) is 14.4 Å². The van der Waals surface area contributed by atoms with E-state index in [0.29, 0.717) is 11.1 Å². The molecule has 0 heterocycles. The second kappa shape index (κ2) is 8.94. The predicted octanol–water partition coefficient (Wildman–Crippen LogP) is 3.18. The summed E-state index contributed by atoms with van der Waals surface area (Å²) in [5, 5.41) is 2.71. The molecule has 0 saturated carbocycles. The van der Waals surface area contributed by atoms with Crippen molar-refractivity contribution in [1.29, 1.82) is 0 Å². The van der Waals surface area contributed by atoms with Crippen LogP contribution in [-0.4, -0.2) is 30.3 Å². The Morgan fingerprint density at radius 1 is 0.962 bits per heavy atom. The van der Waals surface area contributed by atoms with Gasteiger partial charge in [-0.2, -0.15) is 0 Å². The first-order valence-corrected chi connectivity index (χ1v) is 8.51. The number of ketones is 1. The molecule has 0 radical (unpaired) electrons. The van der Waals surface area contributed by atoms with Gasteiger partial charge in [0.25, 0.3) is 5.91 Å². The quantitative estimate of drug-likeness (QED) is 0.613. The van der Waals surface area contributed by atoms with Crippen molar-refractivity contribution in [2.24, 2.45) is 5.92 Å². The van der Waals surface area contributed by atoms with Crippen LogP contribution in [0.25, 0.3) is 0 Å². The zero-order valence-electron chi connectivity index (χ0n) is 15.2. The first kappa shape index (κ1) is 19.4. The topological polar surface area (TPSA) is 72.5 Å². The summed E-state index contributed by atoms with van der Waals surface area (Å²) in [7, 11) is 0. The molecule has 2 aromatic carbocycles. The minimum absolute atomic E-state index is 0.178. The number of esters is 1. The second-order valence-corrected chi connectivity index (χ2v) is 6.41. The number of hydrogen-bond donors (Lipinski definition) is 1. The number of ether oxygens (including phenoxy) is 1. The van der Waals surface area contributed by atoms with Gasteiger partial charge in [-0.25, -0.2) is 4.79 Å². The highest BCUT2D eigenvalue weighted by Gasteiger charge is 2.27. The van der Waals surface area contributed by atoms with Gasteiger partial charge in [-0.1, -0.05) is 62.4 Å².